The van der Waals surface area contributed by atoms with E-state index >= 15 is 0 Å². The quantitative estimate of drug-likeness (QED) is 0.392. The molecule has 1 fully saturated rings. The highest BCUT2D eigenvalue weighted by atomic mass is 16.2. The monoisotopic (exact) mass is 228 g/mol. The normalized spacial score (nSPS) is 21.1. The molecule has 0 aliphatic carbocycles. The van der Waals surface area contributed by atoms with E-state index < -0.39 is 0 Å². The van der Waals surface area contributed by atoms with Crippen molar-refractivity contribution in [1.82, 2.24) is 15.2 Å². The highest BCUT2D eigenvalue weighted by molar-refractivity contribution is 5.80. The van der Waals surface area contributed by atoms with E-state index in [4.69, 9.17) is 5.84 Å². The number of likely N-dealkylation sites (tertiary alicyclic amines) is 1. The van der Waals surface area contributed by atoms with E-state index in [1.165, 1.54) is 12.8 Å². The Morgan fingerprint density at radius 1 is 1.50 bits per heavy atom. The van der Waals surface area contributed by atoms with Gasteiger partial charge in [-0.1, -0.05) is 0 Å². The van der Waals surface area contributed by atoms with Crippen LogP contribution in [0.5, 0.6) is 0 Å². The Hall–Kier alpha value is -0.650. The van der Waals surface area contributed by atoms with Gasteiger partial charge in [0.1, 0.15) is 0 Å². The maximum Gasteiger partial charge on any atom is 0.250 e. The third kappa shape index (κ3) is 3.73. The highest BCUT2D eigenvalue weighted by Crippen LogP contribution is 2.19. The van der Waals surface area contributed by atoms with Crippen LogP contribution in [0.4, 0.5) is 0 Å². The van der Waals surface area contributed by atoms with Crippen molar-refractivity contribution in [3.63, 3.8) is 0 Å². The molecule has 1 rings (SSSR count). The Balaban J connectivity index is 2.34. The van der Waals surface area contributed by atoms with Crippen molar-refractivity contribution in [1.29, 1.82) is 0 Å². The van der Waals surface area contributed by atoms with Crippen LogP contribution in [0.15, 0.2) is 0 Å². The fourth-order valence-electron chi connectivity index (χ4n) is 2.33. The van der Waals surface area contributed by atoms with Crippen molar-refractivity contribution in [3.8, 4) is 0 Å². The van der Waals surface area contributed by atoms with Crippen LogP contribution in [0.25, 0.3) is 0 Å². The molecule has 94 valence electrons. The van der Waals surface area contributed by atoms with E-state index in [1.807, 2.05) is 6.92 Å². The van der Waals surface area contributed by atoms with Crippen LogP contribution in [0.1, 0.15) is 19.8 Å². The van der Waals surface area contributed by atoms with Gasteiger partial charge in [0, 0.05) is 6.54 Å². The molecule has 5 heteroatoms. The number of hydrazine groups is 1. The Morgan fingerprint density at radius 2 is 2.06 bits per heavy atom. The molecule has 0 spiro atoms. The van der Waals surface area contributed by atoms with Gasteiger partial charge in [-0.2, -0.15) is 0 Å². The van der Waals surface area contributed by atoms with Crippen molar-refractivity contribution < 1.29 is 4.79 Å². The lowest BCUT2D eigenvalue weighted by Crippen LogP contribution is -2.50. The second-order valence-electron chi connectivity index (χ2n) is 4.93. The topological polar surface area (TPSA) is 61.6 Å². The first-order valence-electron chi connectivity index (χ1n) is 5.93. The van der Waals surface area contributed by atoms with Crippen LogP contribution in [0.3, 0.4) is 0 Å². The summed E-state index contributed by atoms with van der Waals surface area (Å²) in [6.45, 7) is 5.04. The summed E-state index contributed by atoms with van der Waals surface area (Å²) >= 11 is 0. The SMILES string of the molecule is CC(C(=O)NN)N1CCC(CN(C)C)CC1. The summed E-state index contributed by atoms with van der Waals surface area (Å²) in [5, 5.41) is 0. The number of amides is 1. The van der Waals surface area contributed by atoms with Gasteiger partial charge in [-0.15, -0.1) is 0 Å². The van der Waals surface area contributed by atoms with Crippen LogP contribution in [0, 0.1) is 5.92 Å². The molecule has 1 atom stereocenters. The number of carbonyl (C=O) groups is 1. The molecule has 0 aromatic rings. The lowest BCUT2D eigenvalue weighted by molar-refractivity contribution is -0.126. The maximum absolute atomic E-state index is 11.4. The summed E-state index contributed by atoms with van der Waals surface area (Å²) < 4.78 is 0. The van der Waals surface area contributed by atoms with Crippen LogP contribution in [-0.2, 0) is 4.79 Å². The van der Waals surface area contributed by atoms with Crippen LogP contribution in [0.2, 0.25) is 0 Å². The predicted molar refractivity (Wildman–Crippen MR) is 64.6 cm³/mol. The number of carbonyl (C=O) groups excluding carboxylic acids is 1. The zero-order valence-corrected chi connectivity index (χ0v) is 10.6. The van der Waals surface area contributed by atoms with E-state index in [1.54, 1.807) is 0 Å². The van der Waals surface area contributed by atoms with Crippen molar-refractivity contribution in [2.45, 2.75) is 25.8 Å². The fourth-order valence-corrected chi connectivity index (χ4v) is 2.33. The molecule has 1 unspecified atom stereocenters. The van der Waals surface area contributed by atoms with E-state index in [0.29, 0.717) is 0 Å². The summed E-state index contributed by atoms with van der Waals surface area (Å²) in [6, 6.07) is -0.106. The lowest BCUT2D eigenvalue weighted by atomic mass is 9.95. The first-order valence-corrected chi connectivity index (χ1v) is 5.93. The van der Waals surface area contributed by atoms with E-state index in [0.717, 1.165) is 25.6 Å². The van der Waals surface area contributed by atoms with Gasteiger partial charge in [0.15, 0.2) is 0 Å². The molecule has 0 aromatic heterocycles. The summed E-state index contributed by atoms with van der Waals surface area (Å²) in [7, 11) is 4.22. The number of hydrogen-bond donors (Lipinski definition) is 2. The van der Waals surface area contributed by atoms with Crippen LogP contribution in [-0.4, -0.2) is 55.5 Å². The second-order valence-corrected chi connectivity index (χ2v) is 4.93. The summed E-state index contributed by atoms with van der Waals surface area (Å²) in [4.78, 5) is 15.8. The van der Waals surface area contributed by atoms with Crippen molar-refractivity contribution >= 4 is 5.91 Å². The number of nitrogens with one attached hydrogen (secondary N) is 1. The molecule has 0 aromatic carbocycles. The second kappa shape index (κ2) is 6.18. The average molecular weight is 228 g/mol. The molecule has 1 amide bonds. The summed E-state index contributed by atoms with van der Waals surface area (Å²) in [5.74, 6) is 5.81. The maximum atomic E-state index is 11.4. The van der Waals surface area contributed by atoms with Gasteiger partial charge in [0.25, 0.3) is 5.91 Å². The molecule has 0 radical (unpaired) electrons. The molecule has 1 aliphatic heterocycles. The van der Waals surface area contributed by atoms with Gasteiger partial charge in [0.2, 0.25) is 0 Å². The Kier molecular flexibility index (Phi) is 5.18. The molecule has 3 N–H and O–H groups in total. The van der Waals surface area contributed by atoms with Gasteiger partial charge in [-0.05, 0) is 52.9 Å². The Bertz CT molecular complexity index is 224. The molecule has 5 nitrogen and oxygen atoms in total. The van der Waals surface area contributed by atoms with Gasteiger partial charge in [-0.25, -0.2) is 5.84 Å². The third-order valence-corrected chi connectivity index (χ3v) is 3.34. The Labute approximate surface area is 97.9 Å². The van der Waals surface area contributed by atoms with Crippen LogP contribution < -0.4 is 11.3 Å². The molecular formula is C11H24N4O. The molecule has 1 saturated heterocycles. The van der Waals surface area contributed by atoms with Crippen molar-refractivity contribution in [2.75, 3.05) is 33.7 Å². The largest absolute Gasteiger partial charge is 0.309 e. The average Bonchev–Trinajstić information content (AvgIpc) is 2.27. The third-order valence-electron chi connectivity index (χ3n) is 3.34. The number of piperidine rings is 1. The molecule has 0 saturated carbocycles. The van der Waals surface area contributed by atoms with Gasteiger partial charge < -0.3 is 4.90 Å². The molecule has 1 heterocycles. The number of nitrogens with two attached hydrogens (primary N) is 1. The molecule has 0 bridgehead atoms. The number of nitrogens with zero attached hydrogens (tertiary/aromatic N) is 2. The standard InChI is InChI=1S/C11H24N4O/c1-9(11(16)13-12)15-6-4-10(5-7-15)8-14(2)3/h9-10H,4-8,12H2,1-3H3,(H,13,16). The first-order chi connectivity index (χ1) is 7.54. The summed E-state index contributed by atoms with van der Waals surface area (Å²) in [5.41, 5.74) is 2.22. The Morgan fingerprint density at radius 3 is 2.50 bits per heavy atom. The number of rotatable bonds is 4. The smallest absolute Gasteiger partial charge is 0.250 e. The lowest BCUT2D eigenvalue weighted by Gasteiger charge is -2.35. The van der Waals surface area contributed by atoms with E-state index in [2.05, 4.69) is 29.3 Å². The van der Waals surface area contributed by atoms with Gasteiger partial charge in [-0.3, -0.25) is 15.1 Å². The molecular weight excluding hydrogens is 204 g/mol. The molecule has 16 heavy (non-hydrogen) atoms. The minimum absolute atomic E-state index is 0.0916. The van der Waals surface area contributed by atoms with Crippen molar-refractivity contribution in [2.24, 2.45) is 11.8 Å². The van der Waals surface area contributed by atoms with Crippen molar-refractivity contribution in [3.05, 3.63) is 0 Å². The highest BCUT2D eigenvalue weighted by Gasteiger charge is 2.26. The first kappa shape index (κ1) is 13.4. The molecule has 1 aliphatic rings. The summed E-state index contributed by atoms with van der Waals surface area (Å²) in [6.07, 6.45) is 2.33. The minimum Gasteiger partial charge on any atom is -0.309 e. The van der Waals surface area contributed by atoms with Crippen LogP contribution >= 0.6 is 0 Å². The van der Waals surface area contributed by atoms with Gasteiger partial charge >= 0.3 is 0 Å². The fraction of sp³-hybridized carbons (Fsp3) is 0.909. The predicted octanol–water partition coefficient (Wildman–Crippen LogP) is -0.362. The zero-order valence-electron chi connectivity index (χ0n) is 10.6. The zero-order chi connectivity index (χ0) is 12.1. The van der Waals surface area contributed by atoms with E-state index in [9.17, 15) is 4.79 Å². The van der Waals surface area contributed by atoms with Gasteiger partial charge in [0.05, 0.1) is 6.04 Å². The van der Waals surface area contributed by atoms with E-state index in [-0.39, 0.29) is 11.9 Å². The minimum atomic E-state index is -0.106. The number of hydrogen-bond acceptors (Lipinski definition) is 4.